The summed E-state index contributed by atoms with van der Waals surface area (Å²) in [6.07, 6.45) is 4.27. The van der Waals surface area contributed by atoms with E-state index in [2.05, 4.69) is 39.6 Å². The van der Waals surface area contributed by atoms with Gasteiger partial charge in [-0.05, 0) is 67.5 Å². The molecule has 2 unspecified atom stereocenters. The van der Waals surface area contributed by atoms with Crippen LogP contribution >= 0.6 is 27.7 Å². The molecule has 0 bridgehead atoms. The number of piperidine rings is 1. The summed E-state index contributed by atoms with van der Waals surface area (Å²) in [5.41, 5.74) is 2.89. The van der Waals surface area contributed by atoms with Crippen LogP contribution in [-0.4, -0.2) is 48.1 Å². The number of benzene rings is 2. The van der Waals surface area contributed by atoms with Crippen molar-refractivity contribution in [1.29, 1.82) is 0 Å². The molecule has 1 aromatic heterocycles. The zero-order chi connectivity index (χ0) is 23.7. The van der Waals surface area contributed by atoms with E-state index in [4.69, 9.17) is 9.72 Å². The van der Waals surface area contributed by atoms with Crippen LogP contribution in [0.3, 0.4) is 0 Å². The van der Waals surface area contributed by atoms with E-state index in [1.54, 1.807) is 28.2 Å². The van der Waals surface area contributed by atoms with Crippen LogP contribution in [0.4, 0.5) is 0 Å². The number of ether oxygens (including phenoxy) is 1. The van der Waals surface area contributed by atoms with Crippen molar-refractivity contribution in [3.8, 4) is 0 Å². The van der Waals surface area contributed by atoms with E-state index in [-0.39, 0.29) is 6.10 Å². The van der Waals surface area contributed by atoms with Crippen molar-refractivity contribution < 1.29 is 13.2 Å². The molecule has 0 saturated carbocycles. The summed E-state index contributed by atoms with van der Waals surface area (Å²) in [4.78, 5) is 5.23. The highest BCUT2D eigenvalue weighted by atomic mass is 79.9. The molecule has 34 heavy (non-hydrogen) atoms. The van der Waals surface area contributed by atoms with Gasteiger partial charge in [-0.2, -0.15) is 4.31 Å². The Hall–Kier alpha value is -1.39. The zero-order valence-corrected chi connectivity index (χ0v) is 22.5. The molecule has 5 rings (SSSR count). The summed E-state index contributed by atoms with van der Waals surface area (Å²) in [5, 5.41) is 0.895. The average molecular weight is 565 g/mol. The van der Waals surface area contributed by atoms with Crippen molar-refractivity contribution in [2.75, 3.05) is 19.7 Å². The first-order valence-electron chi connectivity index (χ1n) is 11.9. The molecule has 0 radical (unpaired) electrons. The Bertz CT molecular complexity index is 1270. The van der Waals surface area contributed by atoms with Gasteiger partial charge in [-0.15, -0.1) is 0 Å². The number of rotatable bonds is 7. The van der Waals surface area contributed by atoms with Crippen LogP contribution in [0.1, 0.15) is 38.2 Å². The predicted octanol–water partition coefficient (Wildman–Crippen LogP) is 5.69. The number of nitrogens with zero attached hydrogens (tertiary/aromatic N) is 3. The van der Waals surface area contributed by atoms with Gasteiger partial charge in [-0.1, -0.05) is 46.7 Å². The van der Waals surface area contributed by atoms with Crippen molar-refractivity contribution in [2.45, 2.75) is 61.1 Å². The number of hydrogen-bond acceptors (Lipinski definition) is 5. The fourth-order valence-corrected chi connectivity index (χ4v) is 7.85. The molecule has 2 saturated heterocycles. The van der Waals surface area contributed by atoms with E-state index < -0.39 is 10.0 Å². The molecule has 0 aliphatic carbocycles. The first-order chi connectivity index (χ1) is 16.4. The van der Waals surface area contributed by atoms with Crippen molar-refractivity contribution >= 4 is 48.7 Å². The van der Waals surface area contributed by atoms with Crippen LogP contribution in [0.15, 0.2) is 57.0 Å². The lowest BCUT2D eigenvalue weighted by molar-refractivity contribution is 0.0960. The molecule has 6 nitrogen and oxygen atoms in total. The largest absolute Gasteiger partial charge is 0.376 e. The van der Waals surface area contributed by atoms with E-state index in [1.165, 1.54) is 5.56 Å². The lowest BCUT2D eigenvalue weighted by atomic mass is 10.0. The molecule has 2 atom stereocenters. The lowest BCUT2D eigenvalue weighted by Crippen LogP contribution is -2.39. The number of imidazole rings is 1. The Morgan fingerprint density at radius 1 is 1.18 bits per heavy atom. The first kappa shape index (κ1) is 24.3. The maximum atomic E-state index is 13.4. The van der Waals surface area contributed by atoms with E-state index in [0.29, 0.717) is 23.9 Å². The minimum Gasteiger partial charge on any atom is -0.376 e. The average Bonchev–Trinajstić information content (AvgIpc) is 3.46. The summed E-state index contributed by atoms with van der Waals surface area (Å²) in [5.74, 6) is 1.17. The molecular weight excluding hydrogens is 534 g/mol. The Morgan fingerprint density at radius 2 is 2.06 bits per heavy atom. The third-order valence-corrected chi connectivity index (χ3v) is 10.0. The van der Waals surface area contributed by atoms with Crippen molar-refractivity contribution in [2.24, 2.45) is 5.92 Å². The van der Waals surface area contributed by atoms with Crippen LogP contribution in [0, 0.1) is 5.92 Å². The third-order valence-electron chi connectivity index (χ3n) is 6.61. The third kappa shape index (κ3) is 5.23. The normalized spacial score (nSPS) is 21.9. The highest BCUT2D eigenvalue weighted by Gasteiger charge is 2.29. The molecule has 0 amide bonds. The van der Waals surface area contributed by atoms with Crippen LogP contribution < -0.4 is 0 Å². The van der Waals surface area contributed by atoms with Gasteiger partial charge >= 0.3 is 0 Å². The fraction of sp³-hybridized carbons (Fsp3) is 0.480. The maximum Gasteiger partial charge on any atom is 0.243 e. The number of halogens is 1. The molecule has 0 spiro atoms. The van der Waals surface area contributed by atoms with Crippen molar-refractivity contribution in [3.05, 3.63) is 52.5 Å². The first-order valence-corrected chi connectivity index (χ1v) is 15.1. The summed E-state index contributed by atoms with van der Waals surface area (Å²) in [6, 6.07) is 13.7. The van der Waals surface area contributed by atoms with Crippen molar-refractivity contribution in [1.82, 2.24) is 13.9 Å². The number of fused-ring (bicyclic) bond motifs is 1. The number of hydrogen-bond donors (Lipinski definition) is 0. The van der Waals surface area contributed by atoms with Crippen LogP contribution in [0.25, 0.3) is 11.0 Å². The molecule has 2 fully saturated rings. The van der Waals surface area contributed by atoms with Gasteiger partial charge in [0.1, 0.15) is 0 Å². The Labute approximate surface area is 214 Å². The lowest BCUT2D eigenvalue weighted by Gasteiger charge is -2.30. The van der Waals surface area contributed by atoms with Gasteiger partial charge in [0, 0.05) is 29.9 Å². The second-order valence-electron chi connectivity index (χ2n) is 9.32. The molecule has 9 heteroatoms. The van der Waals surface area contributed by atoms with Gasteiger partial charge in [0.25, 0.3) is 0 Å². The second kappa shape index (κ2) is 10.3. The Morgan fingerprint density at radius 3 is 2.82 bits per heavy atom. The van der Waals surface area contributed by atoms with Gasteiger partial charge in [0.2, 0.25) is 10.0 Å². The second-order valence-corrected chi connectivity index (χ2v) is 13.1. The van der Waals surface area contributed by atoms with E-state index >= 15 is 0 Å². The van der Waals surface area contributed by atoms with E-state index in [9.17, 15) is 8.42 Å². The van der Waals surface area contributed by atoms with E-state index in [1.807, 2.05) is 18.2 Å². The molecule has 0 N–H and O–H groups in total. The smallest absolute Gasteiger partial charge is 0.243 e. The topological polar surface area (TPSA) is 64.4 Å². The zero-order valence-electron chi connectivity index (χ0n) is 19.3. The minimum atomic E-state index is -3.53. The Balaban J connectivity index is 1.47. The summed E-state index contributed by atoms with van der Waals surface area (Å²) in [7, 11) is -3.53. The molecule has 3 heterocycles. The van der Waals surface area contributed by atoms with Gasteiger partial charge in [0.15, 0.2) is 5.16 Å². The Kier molecular flexibility index (Phi) is 7.37. The number of sulfonamides is 1. The summed E-state index contributed by atoms with van der Waals surface area (Å²) >= 11 is 5.22. The van der Waals surface area contributed by atoms with E-state index in [0.717, 1.165) is 65.3 Å². The molecule has 3 aromatic rings. The van der Waals surface area contributed by atoms with Gasteiger partial charge in [-0.3, -0.25) is 0 Å². The summed E-state index contributed by atoms with van der Waals surface area (Å²) < 4.78 is 37.5. The number of thioether (sulfide) groups is 1. The SMILES string of the molecule is CC1CCCN(S(=O)(=O)c2ccc3c(c2)nc(SCc2cccc(Br)c2)n3CC2CCCO2)C1. The standard InChI is InChI=1S/C25H30BrN3O3S2/c1-18-5-3-11-28(15-18)34(30,31)22-9-10-24-23(14-22)27-25(29(24)16-21-8-4-12-32-21)33-17-19-6-2-7-20(26)13-19/h2,6-7,9-10,13-14,18,21H,3-5,8,11-12,15-17H2,1H3. The minimum absolute atomic E-state index is 0.167. The van der Waals surface area contributed by atoms with Gasteiger partial charge in [-0.25, -0.2) is 13.4 Å². The van der Waals surface area contributed by atoms with Gasteiger partial charge in [0.05, 0.1) is 28.6 Å². The highest BCUT2D eigenvalue weighted by Crippen LogP contribution is 2.32. The van der Waals surface area contributed by atoms with Crippen LogP contribution in [-0.2, 0) is 27.1 Å². The molecule has 182 valence electrons. The van der Waals surface area contributed by atoms with Crippen molar-refractivity contribution in [3.63, 3.8) is 0 Å². The van der Waals surface area contributed by atoms with Crippen LogP contribution in [0.5, 0.6) is 0 Å². The van der Waals surface area contributed by atoms with Crippen LogP contribution in [0.2, 0.25) is 0 Å². The molecular formula is C25H30BrN3O3S2. The number of aromatic nitrogens is 2. The quantitative estimate of drug-likeness (QED) is 0.345. The summed E-state index contributed by atoms with van der Waals surface area (Å²) in [6.45, 7) is 4.82. The monoisotopic (exact) mass is 563 g/mol. The molecule has 2 aliphatic heterocycles. The van der Waals surface area contributed by atoms with Gasteiger partial charge < -0.3 is 9.30 Å². The molecule has 2 aromatic carbocycles. The molecule has 2 aliphatic rings. The maximum absolute atomic E-state index is 13.4. The fourth-order valence-electron chi connectivity index (χ4n) is 4.81. The highest BCUT2D eigenvalue weighted by molar-refractivity contribution is 9.10. The predicted molar refractivity (Wildman–Crippen MR) is 140 cm³/mol.